The number of para-hydroxylation sites is 2. The van der Waals surface area contributed by atoms with E-state index in [0.29, 0.717) is 0 Å². The van der Waals surface area contributed by atoms with Crippen molar-refractivity contribution >= 4 is 5.69 Å². The summed E-state index contributed by atoms with van der Waals surface area (Å²) < 4.78 is 5.93. The summed E-state index contributed by atoms with van der Waals surface area (Å²) >= 11 is 0. The number of rotatable bonds is 9. The van der Waals surface area contributed by atoms with E-state index in [4.69, 9.17) is 4.74 Å². The molecule has 0 bridgehead atoms. The number of hydrogen-bond donors (Lipinski definition) is 0. The third-order valence-corrected chi connectivity index (χ3v) is 3.22. The molecule has 0 unspecified atom stereocenters. The highest BCUT2D eigenvalue weighted by Gasteiger charge is 2.08. The van der Waals surface area contributed by atoms with Crippen molar-refractivity contribution in [2.45, 2.75) is 46.5 Å². The van der Waals surface area contributed by atoms with E-state index in [0.717, 1.165) is 31.9 Å². The van der Waals surface area contributed by atoms with Gasteiger partial charge in [0.25, 0.3) is 0 Å². The lowest BCUT2D eigenvalue weighted by Gasteiger charge is -2.23. The molecular weight excluding hydrogens is 222 g/mol. The highest BCUT2D eigenvalue weighted by atomic mass is 16.5. The van der Waals surface area contributed by atoms with Gasteiger partial charge >= 0.3 is 0 Å². The van der Waals surface area contributed by atoms with Crippen molar-refractivity contribution in [3.8, 4) is 5.75 Å². The fourth-order valence-corrected chi connectivity index (χ4v) is 2.12. The molecule has 2 heteroatoms. The molecular formula is C16H27NO. The number of benzene rings is 1. The molecule has 1 aromatic rings. The summed E-state index contributed by atoms with van der Waals surface area (Å²) in [5.74, 6) is 1.03. The second-order valence-electron chi connectivity index (χ2n) is 4.55. The molecule has 0 heterocycles. The molecule has 0 spiro atoms. The van der Waals surface area contributed by atoms with E-state index in [1.807, 2.05) is 6.07 Å². The zero-order valence-corrected chi connectivity index (χ0v) is 12.1. The van der Waals surface area contributed by atoms with Crippen LogP contribution >= 0.6 is 0 Å². The first-order valence-corrected chi connectivity index (χ1v) is 7.30. The SMILES string of the molecule is CCCCCCOc1ccccc1N(CC)CC. The van der Waals surface area contributed by atoms with E-state index in [9.17, 15) is 0 Å². The van der Waals surface area contributed by atoms with Crippen molar-refractivity contribution < 1.29 is 4.74 Å². The zero-order chi connectivity index (χ0) is 13.2. The van der Waals surface area contributed by atoms with Crippen molar-refractivity contribution in [3.05, 3.63) is 24.3 Å². The minimum Gasteiger partial charge on any atom is -0.491 e. The third-order valence-electron chi connectivity index (χ3n) is 3.22. The van der Waals surface area contributed by atoms with E-state index in [1.54, 1.807) is 0 Å². The Morgan fingerprint density at radius 3 is 2.33 bits per heavy atom. The summed E-state index contributed by atoms with van der Waals surface area (Å²) in [7, 11) is 0. The fourth-order valence-electron chi connectivity index (χ4n) is 2.12. The molecule has 0 amide bonds. The van der Waals surface area contributed by atoms with Gasteiger partial charge in [-0.25, -0.2) is 0 Å². The fraction of sp³-hybridized carbons (Fsp3) is 0.625. The van der Waals surface area contributed by atoms with Crippen LogP contribution < -0.4 is 9.64 Å². The molecule has 0 atom stereocenters. The van der Waals surface area contributed by atoms with Gasteiger partial charge in [-0.1, -0.05) is 38.3 Å². The van der Waals surface area contributed by atoms with Crippen LogP contribution in [0.15, 0.2) is 24.3 Å². The van der Waals surface area contributed by atoms with Crippen molar-refractivity contribution in [1.29, 1.82) is 0 Å². The van der Waals surface area contributed by atoms with E-state index < -0.39 is 0 Å². The van der Waals surface area contributed by atoms with Gasteiger partial charge in [0.1, 0.15) is 5.75 Å². The van der Waals surface area contributed by atoms with Crippen LogP contribution in [0.25, 0.3) is 0 Å². The summed E-state index contributed by atoms with van der Waals surface area (Å²) in [5.41, 5.74) is 1.22. The molecule has 1 rings (SSSR count). The molecule has 0 saturated heterocycles. The molecule has 0 radical (unpaired) electrons. The molecule has 0 aliphatic carbocycles. The minimum atomic E-state index is 0.832. The highest BCUT2D eigenvalue weighted by Crippen LogP contribution is 2.27. The molecule has 0 saturated carbocycles. The molecule has 0 fully saturated rings. The monoisotopic (exact) mass is 249 g/mol. The van der Waals surface area contributed by atoms with Crippen molar-refractivity contribution in [1.82, 2.24) is 0 Å². The Morgan fingerprint density at radius 1 is 0.944 bits per heavy atom. The van der Waals surface area contributed by atoms with E-state index in [1.165, 1.54) is 24.9 Å². The first-order valence-electron chi connectivity index (χ1n) is 7.30. The molecule has 0 aliphatic heterocycles. The van der Waals surface area contributed by atoms with Gasteiger partial charge in [-0.2, -0.15) is 0 Å². The number of unbranched alkanes of at least 4 members (excludes halogenated alkanes) is 3. The molecule has 0 aromatic heterocycles. The number of anilines is 1. The van der Waals surface area contributed by atoms with Crippen LogP contribution in [-0.4, -0.2) is 19.7 Å². The molecule has 2 nitrogen and oxygen atoms in total. The van der Waals surface area contributed by atoms with Gasteiger partial charge < -0.3 is 9.64 Å². The normalized spacial score (nSPS) is 10.4. The highest BCUT2D eigenvalue weighted by molar-refractivity contribution is 5.58. The van der Waals surface area contributed by atoms with Gasteiger partial charge in [0.15, 0.2) is 0 Å². The van der Waals surface area contributed by atoms with E-state index >= 15 is 0 Å². The van der Waals surface area contributed by atoms with Gasteiger partial charge in [0.05, 0.1) is 12.3 Å². The zero-order valence-electron chi connectivity index (χ0n) is 12.1. The van der Waals surface area contributed by atoms with Crippen LogP contribution in [0.2, 0.25) is 0 Å². The Balaban J connectivity index is 2.53. The Labute approximate surface area is 112 Å². The third kappa shape index (κ3) is 4.59. The molecule has 18 heavy (non-hydrogen) atoms. The molecule has 102 valence electrons. The second-order valence-corrected chi connectivity index (χ2v) is 4.55. The number of ether oxygens (including phenoxy) is 1. The predicted octanol–water partition coefficient (Wildman–Crippen LogP) is 4.49. The Bertz CT molecular complexity index is 321. The lowest BCUT2D eigenvalue weighted by Crippen LogP contribution is -2.22. The standard InChI is InChI=1S/C16H27NO/c1-4-7-8-11-14-18-16-13-10-9-12-15(16)17(5-2)6-3/h9-10,12-13H,4-8,11,14H2,1-3H3. The van der Waals surface area contributed by atoms with Crippen LogP contribution in [0.3, 0.4) is 0 Å². The maximum Gasteiger partial charge on any atom is 0.142 e. The van der Waals surface area contributed by atoms with Gasteiger partial charge in [-0.15, -0.1) is 0 Å². The quantitative estimate of drug-likeness (QED) is 0.598. The van der Waals surface area contributed by atoms with Crippen molar-refractivity contribution in [2.24, 2.45) is 0 Å². The van der Waals surface area contributed by atoms with E-state index in [-0.39, 0.29) is 0 Å². The lowest BCUT2D eigenvalue weighted by atomic mass is 10.2. The van der Waals surface area contributed by atoms with Gasteiger partial charge in [0, 0.05) is 13.1 Å². The first-order chi connectivity index (χ1) is 8.83. The van der Waals surface area contributed by atoms with Crippen LogP contribution in [0.1, 0.15) is 46.5 Å². The Kier molecular flexibility index (Phi) is 7.31. The summed E-state index contributed by atoms with van der Waals surface area (Å²) in [6.07, 6.45) is 5.00. The van der Waals surface area contributed by atoms with Gasteiger partial charge in [-0.3, -0.25) is 0 Å². The summed E-state index contributed by atoms with van der Waals surface area (Å²) in [6, 6.07) is 8.35. The Hall–Kier alpha value is -1.18. The second kappa shape index (κ2) is 8.84. The van der Waals surface area contributed by atoms with Crippen LogP contribution in [0.5, 0.6) is 5.75 Å². The number of nitrogens with zero attached hydrogens (tertiary/aromatic N) is 1. The smallest absolute Gasteiger partial charge is 0.142 e. The topological polar surface area (TPSA) is 12.5 Å². The van der Waals surface area contributed by atoms with Crippen molar-refractivity contribution in [3.63, 3.8) is 0 Å². The molecule has 0 N–H and O–H groups in total. The first kappa shape index (κ1) is 14.9. The summed E-state index contributed by atoms with van der Waals surface area (Å²) in [6.45, 7) is 9.47. The van der Waals surface area contributed by atoms with Crippen LogP contribution in [-0.2, 0) is 0 Å². The van der Waals surface area contributed by atoms with Gasteiger partial charge in [0.2, 0.25) is 0 Å². The lowest BCUT2D eigenvalue weighted by molar-refractivity contribution is 0.305. The van der Waals surface area contributed by atoms with Crippen molar-refractivity contribution in [2.75, 3.05) is 24.6 Å². The minimum absolute atomic E-state index is 0.832. The summed E-state index contributed by atoms with van der Waals surface area (Å²) in [5, 5.41) is 0. The molecule has 0 aliphatic rings. The van der Waals surface area contributed by atoms with Crippen LogP contribution in [0.4, 0.5) is 5.69 Å². The van der Waals surface area contributed by atoms with E-state index in [2.05, 4.69) is 43.9 Å². The van der Waals surface area contributed by atoms with Gasteiger partial charge in [-0.05, 0) is 32.4 Å². The van der Waals surface area contributed by atoms with Crippen LogP contribution in [0, 0.1) is 0 Å². The number of hydrogen-bond acceptors (Lipinski definition) is 2. The predicted molar refractivity (Wildman–Crippen MR) is 79.6 cm³/mol. The largest absolute Gasteiger partial charge is 0.491 e. The maximum atomic E-state index is 5.93. The Morgan fingerprint density at radius 2 is 1.67 bits per heavy atom. The maximum absolute atomic E-state index is 5.93. The molecule has 1 aromatic carbocycles. The average molecular weight is 249 g/mol. The summed E-state index contributed by atoms with van der Waals surface area (Å²) in [4.78, 5) is 2.33. The average Bonchev–Trinajstić information content (AvgIpc) is 2.41.